The molecular weight excluding hydrogens is 228 g/mol. The van der Waals surface area contributed by atoms with Gasteiger partial charge in [-0.1, -0.05) is 46.5 Å². The van der Waals surface area contributed by atoms with Crippen molar-refractivity contribution >= 4 is 11.8 Å². The highest BCUT2D eigenvalue weighted by molar-refractivity contribution is 5.95. The van der Waals surface area contributed by atoms with Crippen LogP contribution >= 0.6 is 0 Å². The lowest BCUT2D eigenvalue weighted by molar-refractivity contribution is -0.148. The molecule has 1 unspecified atom stereocenters. The van der Waals surface area contributed by atoms with Crippen molar-refractivity contribution in [2.24, 2.45) is 11.8 Å². The number of carbonyl (C=O) groups excluding carboxylic acids is 2. The molecule has 0 aromatic carbocycles. The number of amides is 2. The first-order valence-corrected chi connectivity index (χ1v) is 7.19. The van der Waals surface area contributed by atoms with Gasteiger partial charge in [0.05, 0.1) is 0 Å². The average molecular weight is 256 g/mol. The number of hydrogen-bond acceptors (Lipinski definition) is 3. The Morgan fingerprint density at radius 3 is 2.22 bits per heavy atom. The zero-order valence-electron chi connectivity index (χ0n) is 12.1. The van der Waals surface area contributed by atoms with Crippen molar-refractivity contribution in [3.05, 3.63) is 0 Å². The molecular formula is C14H28N2O2. The van der Waals surface area contributed by atoms with Crippen LogP contribution in [0.25, 0.3) is 0 Å². The zero-order chi connectivity index (χ0) is 14.0. The van der Waals surface area contributed by atoms with Gasteiger partial charge in [-0.25, -0.2) is 10.9 Å². The first-order valence-electron chi connectivity index (χ1n) is 7.19. The van der Waals surface area contributed by atoms with E-state index in [9.17, 15) is 9.59 Å². The molecule has 4 heteroatoms. The summed E-state index contributed by atoms with van der Waals surface area (Å²) in [5, 5.41) is 0.831. The smallest absolute Gasteiger partial charge is 0.246 e. The summed E-state index contributed by atoms with van der Waals surface area (Å²) >= 11 is 0. The SMILES string of the molecule is CCCCCCC(CC)C(=O)N(N)C(=O)CCC. The van der Waals surface area contributed by atoms with E-state index in [1.54, 1.807) is 0 Å². The van der Waals surface area contributed by atoms with Crippen LogP contribution in [0.5, 0.6) is 0 Å². The molecule has 0 saturated heterocycles. The summed E-state index contributed by atoms with van der Waals surface area (Å²) in [6.07, 6.45) is 7.21. The maximum atomic E-state index is 12.0. The molecule has 0 aliphatic rings. The molecule has 0 rings (SSSR count). The van der Waals surface area contributed by atoms with Crippen LogP contribution in [0, 0.1) is 5.92 Å². The van der Waals surface area contributed by atoms with Crippen LogP contribution in [-0.2, 0) is 9.59 Å². The van der Waals surface area contributed by atoms with Gasteiger partial charge >= 0.3 is 0 Å². The largest absolute Gasteiger partial charge is 0.273 e. The Balaban J connectivity index is 4.20. The minimum absolute atomic E-state index is 0.104. The molecule has 4 nitrogen and oxygen atoms in total. The molecule has 0 aromatic rings. The van der Waals surface area contributed by atoms with Crippen LogP contribution in [0.4, 0.5) is 0 Å². The van der Waals surface area contributed by atoms with E-state index in [2.05, 4.69) is 6.92 Å². The molecule has 0 saturated carbocycles. The number of unbranched alkanes of at least 4 members (excludes halogenated alkanes) is 3. The van der Waals surface area contributed by atoms with Crippen molar-refractivity contribution in [1.29, 1.82) is 0 Å². The normalized spacial score (nSPS) is 12.2. The third-order valence-electron chi connectivity index (χ3n) is 3.22. The van der Waals surface area contributed by atoms with Crippen LogP contribution in [-0.4, -0.2) is 16.8 Å². The number of imide groups is 1. The first-order chi connectivity index (χ1) is 8.58. The van der Waals surface area contributed by atoms with E-state index in [1.807, 2.05) is 13.8 Å². The van der Waals surface area contributed by atoms with Crippen molar-refractivity contribution < 1.29 is 9.59 Å². The van der Waals surface area contributed by atoms with Crippen molar-refractivity contribution in [2.45, 2.75) is 72.1 Å². The van der Waals surface area contributed by atoms with Gasteiger partial charge in [-0.05, 0) is 19.3 Å². The standard InChI is InChI=1S/C14H28N2O2/c1-4-7-8-9-11-12(6-3)14(18)16(15)13(17)10-5-2/h12H,4-11,15H2,1-3H3. The third-order valence-corrected chi connectivity index (χ3v) is 3.22. The van der Waals surface area contributed by atoms with E-state index in [-0.39, 0.29) is 17.7 Å². The Morgan fingerprint density at radius 2 is 1.72 bits per heavy atom. The summed E-state index contributed by atoms with van der Waals surface area (Å²) < 4.78 is 0. The fourth-order valence-electron chi connectivity index (χ4n) is 1.97. The van der Waals surface area contributed by atoms with E-state index < -0.39 is 0 Å². The molecule has 2 amide bonds. The first kappa shape index (κ1) is 17.1. The van der Waals surface area contributed by atoms with Crippen LogP contribution in [0.1, 0.15) is 72.1 Å². The van der Waals surface area contributed by atoms with Crippen LogP contribution in [0.2, 0.25) is 0 Å². The Hall–Kier alpha value is -0.900. The molecule has 18 heavy (non-hydrogen) atoms. The van der Waals surface area contributed by atoms with Gasteiger partial charge < -0.3 is 0 Å². The topological polar surface area (TPSA) is 63.4 Å². The second kappa shape index (κ2) is 10.1. The molecule has 0 aromatic heterocycles. The second-order valence-electron chi connectivity index (χ2n) is 4.81. The highest BCUT2D eigenvalue weighted by atomic mass is 16.2. The third kappa shape index (κ3) is 6.15. The van der Waals surface area contributed by atoms with E-state index in [4.69, 9.17) is 5.84 Å². The Morgan fingerprint density at radius 1 is 1.06 bits per heavy atom. The van der Waals surface area contributed by atoms with Gasteiger partial charge in [0, 0.05) is 12.3 Å². The Bertz CT molecular complexity index is 254. The lowest BCUT2D eigenvalue weighted by atomic mass is 9.97. The van der Waals surface area contributed by atoms with E-state index in [0.29, 0.717) is 12.8 Å². The predicted octanol–water partition coefficient (Wildman–Crippen LogP) is 3.01. The van der Waals surface area contributed by atoms with Crippen molar-refractivity contribution in [3.8, 4) is 0 Å². The molecule has 0 heterocycles. The molecule has 0 aliphatic carbocycles. The number of nitrogens with two attached hydrogens (primary N) is 1. The maximum absolute atomic E-state index is 12.0. The van der Waals surface area contributed by atoms with Gasteiger partial charge in [0.2, 0.25) is 11.8 Å². The quantitative estimate of drug-likeness (QED) is 0.298. The molecule has 0 radical (unpaired) electrons. The number of hydrogen-bond donors (Lipinski definition) is 1. The molecule has 1 atom stereocenters. The van der Waals surface area contributed by atoms with Crippen LogP contribution in [0.3, 0.4) is 0 Å². The van der Waals surface area contributed by atoms with E-state index in [0.717, 1.165) is 30.7 Å². The lowest BCUT2D eigenvalue weighted by Gasteiger charge is -2.20. The maximum Gasteiger partial charge on any atom is 0.246 e. The summed E-state index contributed by atoms with van der Waals surface area (Å²) in [5.74, 6) is 5.00. The predicted molar refractivity (Wildman–Crippen MR) is 73.5 cm³/mol. The fraction of sp³-hybridized carbons (Fsp3) is 0.857. The number of hydrazine groups is 1. The number of rotatable bonds is 9. The van der Waals surface area contributed by atoms with Gasteiger partial charge in [-0.2, -0.15) is 0 Å². The molecule has 0 bridgehead atoms. The highest BCUT2D eigenvalue weighted by Crippen LogP contribution is 2.16. The van der Waals surface area contributed by atoms with Gasteiger partial charge in [-0.15, -0.1) is 0 Å². The monoisotopic (exact) mass is 256 g/mol. The Kier molecular flexibility index (Phi) is 9.56. The summed E-state index contributed by atoms with van der Waals surface area (Å²) in [7, 11) is 0. The van der Waals surface area contributed by atoms with Crippen LogP contribution < -0.4 is 5.84 Å². The van der Waals surface area contributed by atoms with Crippen LogP contribution in [0.15, 0.2) is 0 Å². The summed E-state index contributed by atoms with van der Waals surface area (Å²) in [6.45, 7) is 6.03. The van der Waals surface area contributed by atoms with Crippen molar-refractivity contribution in [2.75, 3.05) is 0 Å². The highest BCUT2D eigenvalue weighted by Gasteiger charge is 2.24. The summed E-state index contributed by atoms with van der Waals surface area (Å²) in [4.78, 5) is 23.6. The lowest BCUT2D eigenvalue weighted by Crippen LogP contribution is -2.45. The molecule has 106 valence electrons. The second-order valence-corrected chi connectivity index (χ2v) is 4.81. The minimum Gasteiger partial charge on any atom is -0.273 e. The molecule has 0 spiro atoms. The van der Waals surface area contributed by atoms with Gasteiger partial charge in [0.15, 0.2) is 0 Å². The van der Waals surface area contributed by atoms with E-state index >= 15 is 0 Å². The van der Waals surface area contributed by atoms with Gasteiger partial charge in [0.25, 0.3) is 0 Å². The average Bonchev–Trinajstić information content (AvgIpc) is 2.37. The zero-order valence-corrected chi connectivity index (χ0v) is 12.1. The number of carbonyl (C=O) groups is 2. The van der Waals surface area contributed by atoms with Crippen molar-refractivity contribution in [1.82, 2.24) is 5.01 Å². The molecule has 2 N–H and O–H groups in total. The van der Waals surface area contributed by atoms with Crippen molar-refractivity contribution in [3.63, 3.8) is 0 Å². The van der Waals surface area contributed by atoms with E-state index in [1.165, 1.54) is 12.8 Å². The Labute approximate surface area is 111 Å². The number of nitrogens with zero attached hydrogens (tertiary/aromatic N) is 1. The van der Waals surface area contributed by atoms with Gasteiger partial charge in [-0.3, -0.25) is 9.59 Å². The molecule has 0 fully saturated rings. The van der Waals surface area contributed by atoms with Gasteiger partial charge in [0.1, 0.15) is 0 Å². The summed E-state index contributed by atoms with van der Waals surface area (Å²) in [5.41, 5.74) is 0. The fourth-order valence-corrected chi connectivity index (χ4v) is 1.97. The minimum atomic E-state index is -0.269. The summed E-state index contributed by atoms with van der Waals surface area (Å²) in [6, 6.07) is 0. The molecule has 0 aliphatic heterocycles.